The molecule has 0 fully saturated rings. The number of nitrogens with two attached hydrogens (primary N) is 1. The van der Waals surface area contributed by atoms with Crippen molar-refractivity contribution in [2.45, 2.75) is 51.1 Å². The molecule has 1 aromatic carbocycles. The Bertz CT molecular complexity index is 472. The van der Waals surface area contributed by atoms with E-state index in [0.717, 1.165) is 12.0 Å². The number of aliphatic carboxylic acids is 1. The second-order valence-corrected chi connectivity index (χ2v) is 5.56. The molecule has 0 aliphatic carbocycles. The van der Waals surface area contributed by atoms with Crippen LogP contribution in [-0.4, -0.2) is 28.6 Å². The molecular formula is C16H24N2O3. The molecule has 116 valence electrons. The number of carboxylic acids is 1. The van der Waals surface area contributed by atoms with Gasteiger partial charge >= 0.3 is 5.97 Å². The molecular weight excluding hydrogens is 268 g/mol. The van der Waals surface area contributed by atoms with Gasteiger partial charge in [-0.15, -0.1) is 0 Å². The van der Waals surface area contributed by atoms with Crippen LogP contribution in [0.5, 0.6) is 0 Å². The molecule has 1 amide bonds. The summed E-state index contributed by atoms with van der Waals surface area (Å²) in [5.74, 6) is -1.45. The number of carboxylic acid groups (broad SMARTS) is 1. The highest BCUT2D eigenvalue weighted by Crippen LogP contribution is 2.11. The number of aryl methyl sites for hydroxylation is 1. The monoisotopic (exact) mass is 292 g/mol. The molecule has 0 spiro atoms. The van der Waals surface area contributed by atoms with Crippen molar-refractivity contribution in [2.75, 3.05) is 0 Å². The molecule has 0 aliphatic heterocycles. The first kappa shape index (κ1) is 17.2. The Morgan fingerprint density at radius 3 is 2.48 bits per heavy atom. The number of benzene rings is 1. The molecule has 21 heavy (non-hydrogen) atoms. The Labute approximate surface area is 125 Å². The van der Waals surface area contributed by atoms with Crippen molar-refractivity contribution in [3.05, 3.63) is 35.9 Å². The van der Waals surface area contributed by atoms with Gasteiger partial charge in [0.25, 0.3) is 0 Å². The van der Waals surface area contributed by atoms with E-state index in [0.29, 0.717) is 19.3 Å². The third-order valence-electron chi connectivity index (χ3n) is 3.46. The van der Waals surface area contributed by atoms with E-state index in [1.165, 1.54) is 0 Å². The molecule has 0 saturated carbocycles. The van der Waals surface area contributed by atoms with Gasteiger partial charge in [-0.25, -0.2) is 4.79 Å². The molecule has 5 nitrogen and oxygen atoms in total. The van der Waals surface area contributed by atoms with E-state index in [1.807, 2.05) is 37.3 Å². The summed E-state index contributed by atoms with van der Waals surface area (Å²) >= 11 is 0. The van der Waals surface area contributed by atoms with Gasteiger partial charge in [-0.05, 0) is 31.7 Å². The minimum Gasteiger partial charge on any atom is -0.480 e. The Hall–Kier alpha value is -1.88. The number of carbonyl (C=O) groups is 2. The SMILES string of the molecule is CCCC(C)(N)C(=O)NC(CCc1ccccc1)C(=O)O. The average Bonchev–Trinajstić information content (AvgIpc) is 2.43. The van der Waals surface area contributed by atoms with Crippen LogP contribution in [0.15, 0.2) is 30.3 Å². The first-order chi connectivity index (χ1) is 9.86. The summed E-state index contributed by atoms with van der Waals surface area (Å²) < 4.78 is 0. The lowest BCUT2D eigenvalue weighted by Gasteiger charge is -2.25. The average molecular weight is 292 g/mol. The van der Waals surface area contributed by atoms with Crippen LogP contribution in [0.2, 0.25) is 0 Å². The number of amides is 1. The van der Waals surface area contributed by atoms with Gasteiger partial charge in [-0.1, -0.05) is 43.7 Å². The van der Waals surface area contributed by atoms with E-state index >= 15 is 0 Å². The van der Waals surface area contributed by atoms with E-state index in [9.17, 15) is 14.7 Å². The van der Waals surface area contributed by atoms with Crippen LogP contribution < -0.4 is 11.1 Å². The van der Waals surface area contributed by atoms with Crippen LogP contribution >= 0.6 is 0 Å². The maximum Gasteiger partial charge on any atom is 0.326 e. The fraction of sp³-hybridized carbons (Fsp3) is 0.500. The molecule has 0 heterocycles. The quantitative estimate of drug-likeness (QED) is 0.680. The fourth-order valence-electron chi connectivity index (χ4n) is 2.17. The van der Waals surface area contributed by atoms with E-state index in [2.05, 4.69) is 5.32 Å². The van der Waals surface area contributed by atoms with Crippen LogP contribution in [0.3, 0.4) is 0 Å². The summed E-state index contributed by atoms with van der Waals surface area (Å²) in [5.41, 5.74) is 5.93. The summed E-state index contributed by atoms with van der Waals surface area (Å²) in [5, 5.41) is 11.8. The number of hydrogen-bond acceptors (Lipinski definition) is 3. The zero-order chi connectivity index (χ0) is 15.9. The Balaban J connectivity index is 2.62. The molecule has 0 radical (unpaired) electrons. The third-order valence-corrected chi connectivity index (χ3v) is 3.46. The van der Waals surface area contributed by atoms with Crippen molar-refractivity contribution in [3.8, 4) is 0 Å². The molecule has 4 N–H and O–H groups in total. The van der Waals surface area contributed by atoms with Gasteiger partial charge in [0.15, 0.2) is 0 Å². The first-order valence-corrected chi connectivity index (χ1v) is 7.23. The van der Waals surface area contributed by atoms with Crippen molar-refractivity contribution >= 4 is 11.9 Å². The van der Waals surface area contributed by atoms with Crippen molar-refractivity contribution in [1.29, 1.82) is 0 Å². The zero-order valence-electron chi connectivity index (χ0n) is 12.6. The predicted octanol–water partition coefficient (Wildman–Crippen LogP) is 1.71. The zero-order valence-corrected chi connectivity index (χ0v) is 12.6. The molecule has 1 aromatic rings. The lowest BCUT2D eigenvalue weighted by Crippen LogP contribution is -2.55. The molecule has 1 rings (SSSR count). The van der Waals surface area contributed by atoms with E-state index < -0.39 is 23.5 Å². The third kappa shape index (κ3) is 5.55. The molecule has 0 aromatic heterocycles. The highest BCUT2D eigenvalue weighted by molar-refractivity contribution is 5.89. The van der Waals surface area contributed by atoms with Crippen molar-refractivity contribution in [3.63, 3.8) is 0 Å². The minimum atomic E-state index is -1.04. The van der Waals surface area contributed by atoms with E-state index in [-0.39, 0.29) is 0 Å². The molecule has 2 atom stereocenters. The lowest BCUT2D eigenvalue weighted by atomic mass is 9.95. The number of carbonyl (C=O) groups excluding carboxylic acids is 1. The maximum absolute atomic E-state index is 12.1. The number of rotatable bonds is 8. The largest absolute Gasteiger partial charge is 0.480 e. The van der Waals surface area contributed by atoms with Crippen LogP contribution in [0.4, 0.5) is 0 Å². The topological polar surface area (TPSA) is 92.4 Å². The normalized spacial score (nSPS) is 15.0. The van der Waals surface area contributed by atoms with Gasteiger partial charge in [-0.3, -0.25) is 4.79 Å². The minimum absolute atomic E-state index is 0.341. The summed E-state index contributed by atoms with van der Waals surface area (Å²) in [6, 6.07) is 8.67. The number of hydrogen-bond donors (Lipinski definition) is 3. The van der Waals surface area contributed by atoms with Crippen LogP contribution in [-0.2, 0) is 16.0 Å². The first-order valence-electron chi connectivity index (χ1n) is 7.23. The Morgan fingerprint density at radius 2 is 1.95 bits per heavy atom. The van der Waals surface area contributed by atoms with Gasteiger partial charge in [0, 0.05) is 0 Å². The highest BCUT2D eigenvalue weighted by Gasteiger charge is 2.30. The van der Waals surface area contributed by atoms with Crippen LogP contribution in [0.1, 0.15) is 38.7 Å². The highest BCUT2D eigenvalue weighted by atomic mass is 16.4. The Kier molecular flexibility index (Phi) is 6.37. The van der Waals surface area contributed by atoms with Crippen LogP contribution in [0.25, 0.3) is 0 Å². The van der Waals surface area contributed by atoms with Gasteiger partial charge in [0.2, 0.25) is 5.91 Å². The van der Waals surface area contributed by atoms with Gasteiger partial charge in [-0.2, -0.15) is 0 Å². The van der Waals surface area contributed by atoms with Crippen LogP contribution in [0, 0.1) is 0 Å². The predicted molar refractivity (Wildman–Crippen MR) is 81.8 cm³/mol. The van der Waals surface area contributed by atoms with Crippen molar-refractivity contribution < 1.29 is 14.7 Å². The number of nitrogens with one attached hydrogen (secondary N) is 1. The summed E-state index contributed by atoms with van der Waals surface area (Å²) in [7, 11) is 0. The van der Waals surface area contributed by atoms with E-state index in [1.54, 1.807) is 6.92 Å². The van der Waals surface area contributed by atoms with Crippen molar-refractivity contribution in [1.82, 2.24) is 5.32 Å². The van der Waals surface area contributed by atoms with Gasteiger partial charge in [0.1, 0.15) is 6.04 Å². The smallest absolute Gasteiger partial charge is 0.326 e. The summed E-state index contributed by atoms with van der Waals surface area (Å²) in [6.07, 6.45) is 2.21. The lowest BCUT2D eigenvalue weighted by molar-refractivity contribution is -0.142. The fourth-order valence-corrected chi connectivity index (χ4v) is 2.17. The van der Waals surface area contributed by atoms with E-state index in [4.69, 9.17) is 5.73 Å². The molecule has 0 bridgehead atoms. The molecule has 5 heteroatoms. The second-order valence-electron chi connectivity index (χ2n) is 5.56. The maximum atomic E-state index is 12.1. The standard InChI is InChI=1S/C16H24N2O3/c1-3-11-16(2,17)15(21)18-13(14(19)20)10-9-12-7-5-4-6-8-12/h4-8,13H,3,9-11,17H2,1-2H3,(H,18,21)(H,19,20). The van der Waals surface area contributed by atoms with Crippen molar-refractivity contribution in [2.24, 2.45) is 5.73 Å². The molecule has 0 saturated heterocycles. The Morgan fingerprint density at radius 1 is 1.33 bits per heavy atom. The molecule has 0 aliphatic rings. The summed E-state index contributed by atoms with van der Waals surface area (Å²) in [6.45, 7) is 3.56. The second kappa shape index (κ2) is 7.78. The molecule has 2 unspecified atom stereocenters. The van der Waals surface area contributed by atoms with Gasteiger partial charge < -0.3 is 16.2 Å². The summed E-state index contributed by atoms with van der Waals surface area (Å²) in [4.78, 5) is 23.4. The van der Waals surface area contributed by atoms with Gasteiger partial charge in [0.05, 0.1) is 5.54 Å².